The third-order valence-corrected chi connectivity index (χ3v) is 5.39. The molecule has 6 nitrogen and oxygen atoms in total. The molecule has 32 heavy (non-hydrogen) atoms. The van der Waals surface area contributed by atoms with Crippen LogP contribution in [0.15, 0.2) is 88.9 Å². The Morgan fingerprint density at radius 2 is 1.75 bits per heavy atom. The lowest BCUT2D eigenvalue weighted by atomic mass is 10.1. The van der Waals surface area contributed by atoms with Crippen LogP contribution in [0.4, 0.5) is 0 Å². The zero-order valence-electron chi connectivity index (χ0n) is 17.1. The number of rotatable bonds is 4. The smallest absolute Gasteiger partial charge is 0.282 e. The van der Waals surface area contributed by atoms with Crippen molar-refractivity contribution < 1.29 is 4.74 Å². The van der Waals surface area contributed by atoms with Crippen molar-refractivity contribution in [1.29, 1.82) is 0 Å². The molecule has 0 atom stereocenters. The first kappa shape index (κ1) is 19.9. The minimum absolute atomic E-state index is 0.268. The van der Waals surface area contributed by atoms with E-state index in [0.29, 0.717) is 21.7 Å². The van der Waals surface area contributed by atoms with Crippen molar-refractivity contribution in [1.82, 2.24) is 14.6 Å². The molecule has 0 amide bonds. The molecule has 2 aromatic heterocycles. The van der Waals surface area contributed by atoms with Crippen LogP contribution in [-0.2, 0) is 0 Å². The summed E-state index contributed by atoms with van der Waals surface area (Å²) in [6.07, 6.45) is 3.34. The molecule has 2 heterocycles. The van der Waals surface area contributed by atoms with Crippen LogP contribution in [0.3, 0.4) is 0 Å². The zero-order chi connectivity index (χ0) is 22.1. The monoisotopic (exact) mass is 440 g/mol. The number of hydrogen-bond acceptors (Lipinski definition) is 5. The van der Waals surface area contributed by atoms with Crippen LogP contribution in [0.1, 0.15) is 5.56 Å². The van der Waals surface area contributed by atoms with Gasteiger partial charge in [-0.05, 0) is 78.4 Å². The Labute approximate surface area is 188 Å². The highest BCUT2D eigenvalue weighted by atomic mass is 35.5. The van der Waals surface area contributed by atoms with Gasteiger partial charge in [0.25, 0.3) is 5.56 Å². The normalized spacial score (nSPS) is 11.4. The van der Waals surface area contributed by atoms with E-state index < -0.39 is 0 Å². The highest BCUT2D eigenvalue weighted by Gasteiger charge is 2.15. The molecule has 5 aromatic rings. The quantitative estimate of drug-likeness (QED) is 0.286. The topological polar surface area (TPSA) is 69.4 Å². The largest absolute Gasteiger partial charge is 0.497 e. The molecule has 0 unspecified atom stereocenters. The fraction of sp³-hybridized carbons (Fsp3) is 0.0400. The van der Waals surface area contributed by atoms with E-state index in [0.717, 1.165) is 27.8 Å². The van der Waals surface area contributed by atoms with Crippen LogP contribution in [0.5, 0.6) is 5.75 Å². The van der Waals surface area contributed by atoms with E-state index in [2.05, 4.69) is 10.1 Å². The molecule has 5 rings (SSSR count). The number of halogens is 1. The summed E-state index contributed by atoms with van der Waals surface area (Å²) < 4.78 is 6.51. The Morgan fingerprint density at radius 1 is 0.969 bits per heavy atom. The number of ether oxygens (including phenoxy) is 1. The second-order valence-electron chi connectivity index (χ2n) is 7.11. The molecule has 7 heteroatoms. The fourth-order valence-corrected chi connectivity index (χ4v) is 3.63. The molecule has 0 aliphatic carbocycles. The molecular weight excluding hydrogens is 424 g/mol. The first-order chi connectivity index (χ1) is 15.6. The lowest BCUT2D eigenvalue weighted by molar-refractivity contribution is 0.415. The van der Waals surface area contributed by atoms with E-state index in [1.807, 2.05) is 54.6 Å². The second-order valence-corrected chi connectivity index (χ2v) is 7.55. The number of benzene rings is 3. The predicted molar refractivity (Wildman–Crippen MR) is 128 cm³/mol. The number of nitrogens with zero attached hydrogens (tertiary/aromatic N) is 4. The first-order valence-corrected chi connectivity index (χ1v) is 10.3. The summed E-state index contributed by atoms with van der Waals surface area (Å²) in [5, 5.41) is 6.36. The van der Waals surface area contributed by atoms with Gasteiger partial charge in [-0.1, -0.05) is 11.6 Å². The van der Waals surface area contributed by atoms with Crippen molar-refractivity contribution in [3.63, 3.8) is 0 Å². The summed E-state index contributed by atoms with van der Waals surface area (Å²) in [5.74, 6) is 1.16. The average Bonchev–Trinajstić information content (AvgIpc) is 2.84. The summed E-state index contributed by atoms with van der Waals surface area (Å²) in [7, 11) is 1.61. The molecule has 0 aliphatic rings. The Bertz CT molecular complexity index is 1530. The Balaban J connectivity index is 1.75. The SMILES string of the molecule is COc1ccc(/C=N/n2c(-c3ccc(Cl)cc3)nc3c(ccc4ncccc43)c2=O)cc1. The van der Waals surface area contributed by atoms with E-state index in [-0.39, 0.29) is 5.56 Å². The van der Waals surface area contributed by atoms with Gasteiger partial charge >= 0.3 is 0 Å². The molecule has 0 fully saturated rings. The number of aromatic nitrogens is 3. The summed E-state index contributed by atoms with van der Waals surface area (Å²) in [4.78, 5) is 22.7. The van der Waals surface area contributed by atoms with Gasteiger partial charge in [0.15, 0.2) is 5.82 Å². The number of fused-ring (bicyclic) bond motifs is 3. The van der Waals surface area contributed by atoms with Gasteiger partial charge in [0.1, 0.15) is 5.75 Å². The average molecular weight is 441 g/mol. The summed E-state index contributed by atoms with van der Waals surface area (Å²) in [6, 6.07) is 21.9. The Kier molecular flexibility index (Phi) is 5.13. The maximum Gasteiger partial charge on any atom is 0.282 e. The molecule has 0 saturated carbocycles. The molecule has 3 aromatic carbocycles. The third-order valence-electron chi connectivity index (χ3n) is 5.14. The van der Waals surface area contributed by atoms with Gasteiger partial charge in [-0.15, -0.1) is 0 Å². The van der Waals surface area contributed by atoms with Crippen LogP contribution in [-0.4, -0.2) is 28.0 Å². The molecule has 0 aliphatic heterocycles. The van der Waals surface area contributed by atoms with Crippen LogP contribution >= 0.6 is 11.6 Å². The molecule has 0 saturated heterocycles. The Hall–Kier alpha value is -4.03. The molecular formula is C25H17ClN4O2. The standard InChI is InChI=1S/C25H17ClN4O2/c1-32-19-10-4-16(5-11-19)15-28-30-24(17-6-8-18(26)9-7-17)29-23-20-3-2-14-27-22(20)13-12-21(23)25(30)31/h2-15H,1H3/b28-15+. The van der Waals surface area contributed by atoms with Crippen molar-refractivity contribution in [2.45, 2.75) is 0 Å². The number of hydrogen-bond donors (Lipinski definition) is 0. The molecule has 156 valence electrons. The van der Waals surface area contributed by atoms with E-state index in [1.54, 1.807) is 37.7 Å². The molecule has 0 bridgehead atoms. The first-order valence-electron chi connectivity index (χ1n) is 9.89. The summed E-state index contributed by atoms with van der Waals surface area (Å²) in [6.45, 7) is 0. The Morgan fingerprint density at radius 3 is 2.50 bits per heavy atom. The minimum Gasteiger partial charge on any atom is -0.497 e. The van der Waals surface area contributed by atoms with Gasteiger partial charge in [0.05, 0.1) is 29.7 Å². The highest BCUT2D eigenvalue weighted by Crippen LogP contribution is 2.25. The fourth-order valence-electron chi connectivity index (χ4n) is 3.50. The summed E-state index contributed by atoms with van der Waals surface area (Å²) >= 11 is 6.07. The molecule has 0 radical (unpaired) electrons. The number of methoxy groups -OCH3 is 1. The zero-order valence-corrected chi connectivity index (χ0v) is 17.8. The lowest BCUT2D eigenvalue weighted by Gasteiger charge is -2.11. The van der Waals surface area contributed by atoms with Gasteiger partial charge in [-0.2, -0.15) is 9.78 Å². The lowest BCUT2D eigenvalue weighted by Crippen LogP contribution is -2.20. The second kappa shape index (κ2) is 8.24. The molecule has 0 spiro atoms. The van der Waals surface area contributed by atoms with E-state index in [9.17, 15) is 4.79 Å². The van der Waals surface area contributed by atoms with E-state index in [1.165, 1.54) is 4.68 Å². The van der Waals surface area contributed by atoms with Crippen molar-refractivity contribution in [2.75, 3.05) is 7.11 Å². The highest BCUT2D eigenvalue weighted by molar-refractivity contribution is 6.30. The summed E-state index contributed by atoms with van der Waals surface area (Å²) in [5.41, 5.74) is 2.63. The van der Waals surface area contributed by atoms with Crippen molar-refractivity contribution in [3.05, 3.63) is 99.9 Å². The van der Waals surface area contributed by atoms with Crippen LogP contribution in [0.25, 0.3) is 33.2 Å². The van der Waals surface area contributed by atoms with Gasteiger partial charge in [0.2, 0.25) is 0 Å². The predicted octanol–water partition coefficient (Wildman–Crippen LogP) is 5.16. The van der Waals surface area contributed by atoms with E-state index >= 15 is 0 Å². The van der Waals surface area contributed by atoms with Crippen LogP contribution in [0.2, 0.25) is 5.02 Å². The van der Waals surface area contributed by atoms with E-state index in [4.69, 9.17) is 21.3 Å². The maximum atomic E-state index is 13.5. The van der Waals surface area contributed by atoms with Crippen LogP contribution < -0.4 is 10.3 Å². The van der Waals surface area contributed by atoms with Gasteiger partial charge < -0.3 is 4.74 Å². The molecule has 0 N–H and O–H groups in total. The number of pyridine rings is 1. The third kappa shape index (κ3) is 3.61. The van der Waals surface area contributed by atoms with Gasteiger partial charge in [-0.3, -0.25) is 9.78 Å². The van der Waals surface area contributed by atoms with Gasteiger partial charge in [-0.25, -0.2) is 4.98 Å². The van der Waals surface area contributed by atoms with Crippen molar-refractivity contribution >= 4 is 39.6 Å². The van der Waals surface area contributed by atoms with Crippen molar-refractivity contribution in [2.24, 2.45) is 5.10 Å². The minimum atomic E-state index is -0.268. The van der Waals surface area contributed by atoms with Crippen molar-refractivity contribution in [3.8, 4) is 17.1 Å². The maximum absolute atomic E-state index is 13.5. The van der Waals surface area contributed by atoms with Crippen LogP contribution in [0, 0.1) is 0 Å². The van der Waals surface area contributed by atoms with Gasteiger partial charge in [0, 0.05) is 22.2 Å².